The number of ketones is 1. The molecule has 0 aliphatic heterocycles. The summed E-state index contributed by atoms with van der Waals surface area (Å²) in [5.41, 5.74) is 1.34. The van der Waals surface area contributed by atoms with E-state index in [1.54, 1.807) is 7.11 Å². The van der Waals surface area contributed by atoms with Gasteiger partial charge in [-0.1, -0.05) is 20.8 Å². The minimum absolute atomic E-state index is 0.0865. The molecule has 0 aromatic rings. The number of ether oxygens (including phenoxy) is 1. The molecule has 2 bridgehead atoms. The first-order valence-electron chi connectivity index (χ1n) is 6.25. The fourth-order valence-electron chi connectivity index (χ4n) is 3.56. The van der Waals surface area contributed by atoms with Crippen molar-refractivity contribution >= 4 is 5.78 Å². The molecule has 2 fully saturated rings. The van der Waals surface area contributed by atoms with Crippen molar-refractivity contribution in [2.24, 2.45) is 23.2 Å². The lowest BCUT2D eigenvalue weighted by Gasteiger charge is -2.38. The van der Waals surface area contributed by atoms with Crippen LogP contribution in [0.4, 0.5) is 0 Å². The second-order valence-corrected chi connectivity index (χ2v) is 5.94. The molecule has 0 aromatic heterocycles. The second kappa shape index (κ2) is 3.90. The van der Waals surface area contributed by atoms with Gasteiger partial charge in [-0.05, 0) is 35.7 Å². The van der Waals surface area contributed by atoms with Gasteiger partial charge in [0.2, 0.25) is 0 Å². The van der Waals surface area contributed by atoms with E-state index in [0.717, 1.165) is 12.8 Å². The van der Waals surface area contributed by atoms with Crippen LogP contribution in [0.2, 0.25) is 0 Å². The van der Waals surface area contributed by atoms with Crippen molar-refractivity contribution in [3.8, 4) is 0 Å². The van der Waals surface area contributed by atoms with Crippen LogP contribution >= 0.6 is 0 Å². The number of carbonyl (C=O) groups is 1. The number of rotatable bonds is 2. The fourth-order valence-corrected chi connectivity index (χ4v) is 3.56. The van der Waals surface area contributed by atoms with Crippen molar-refractivity contribution in [1.29, 1.82) is 0 Å². The van der Waals surface area contributed by atoms with E-state index in [4.69, 9.17) is 4.74 Å². The van der Waals surface area contributed by atoms with Gasteiger partial charge in [-0.3, -0.25) is 4.79 Å². The average molecular weight is 222 g/mol. The van der Waals surface area contributed by atoms with E-state index >= 15 is 0 Å². The lowest BCUT2D eigenvalue weighted by atomic mass is 9.66. The van der Waals surface area contributed by atoms with Gasteiger partial charge in [0.1, 0.15) is 5.78 Å². The molecule has 0 amide bonds. The van der Waals surface area contributed by atoms with E-state index in [1.165, 1.54) is 12.0 Å². The molecular weight excluding hydrogens is 200 g/mol. The van der Waals surface area contributed by atoms with E-state index in [0.29, 0.717) is 17.6 Å². The molecule has 2 nitrogen and oxygen atoms in total. The number of allylic oxidation sites excluding steroid dienone is 1. The smallest absolute Gasteiger partial charge is 0.141 e. The van der Waals surface area contributed by atoms with E-state index in [1.807, 2.05) is 6.26 Å². The Balaban J connectivity index is 2.38. The maximum absolute atomic E-state index is 12.2. The monoisotopic (exact) mass is 222 g/mol. The summed E-state index contributed by atoms with van der Waals surface area (Å²) in [6, 6.07) is 0. The zero-order chi connectivity index (χ0) is 11.9. The number of Topliss-reactive ketones (excluding diaryl/α,β-unsaturated/α-hetero) is 1. The molecule has 0 radical (unpaired) electrons. The second-order valence-electron chi connectivity index (χ2n) is 5.94. The molecule has 0 unspecified atom stereocenters. The Morgan fingerprint density at radius 2 is 2.19 bits per heavy atom. The van der Waals surface area contributed by atoms with Crippen molar-refractivity contribution in [3.63, 3.8) is 0 Å². The van der Waals surface area contributed by atoms with Crippen LogP contribution in [0.5, 0.6) is 0 Å². The summed E-state index contributed by atoms with van der Waals surface area (Å²) in [5, 5.41) is 0. The number of carbonyl (C=O) groups excluding carboxylic acids is 1. The maximum atomic E-state index is 12.2. The van der Waals surface area contributed by atoms with E-state index < -0.39 is 0 Å². The predicted molar refractivity (Wildman–Crippen MR) is 63.9 cm³/mol. The summed E-state index contributed by atoms with van der Waals surface area (Å²) in [4.78, 5) is 12.2. The Bertz CT molecular complexity index is 330. The normalized spacial score (nSPS) is 40.8. The van der Waals surface area contributed by atoms with Gasteiger partial charge in [0.05, 0.1) is 13.4 Å². The summed E-state index contributed by atoms with van der Waals surface area (Å²) in [6.07, 6.45) is 4.87. The average Bonchev–Trinajstić information content (AvgIpc) is 2.36. The Morgan fingerprint density at radius 1 is 1.50 bits per heavy atom. The first-order valence-corrected chi connectivity index (χ1v) is 6.25. The lowest BCUT2D eigenvalue weighted by molar-refractivity contribution is -0.121. The molecule has 0 saturated heterocycles. The van der Waals surface area contributed by atoms with Gasteiger partial charge in [-0.25, -0.2) is 0 Å². The highest BCUT2D eigenvalue weighted by molar-refractivity contribution is 5.89. The molecular formula is C14H22O2. The molecule has 2 rings (SSSR count). The highest BCUT2D eigenvalue weighted by atomic mass is 16.5. The molecule has 0 heterocycles. The number of fused-ring (bicyclic) bond motifs is 2. The molecule has 2 aliphatic carbocycles. The van der Waals surface area contributed by atoms with Crippen molar-refractivity contribution in [2.45, 2.75) is 40.0 Å². The molecule has 2 saturated carbocycles. The van der Waals surface area contributed by atoms with Crippen LogP contribution < -0.4 is 0 Å². The zero-order valence-electron chi connectivity index (χ0n) is 10.7. The highest BCUT2D eigenvalue weighted by Crippen LogP contribution is 2.56. The fraction of sp³-hybridized carbons (Fsp3) is 0.786. The number of methoxy groups -OCH3 is 1. The summed E-state index contributed by atoms with van der Waals surface area (Å²) in [7, 11) is 1.68. The van der Waals surface area contributed by atoms with E-state index in [2.05, 4.69) is 20.8 Å². The Kier molecular flexibility index (Phi) is 2.85. The Morgan fingerprint density at radius 3 is 2.75 bits per heavy atom. The lowest BCUT2D eigenvalue weighted by Crippen LogP contribution is -2.31. The molecule has 0 aromatic carbocycles. The molecule has 16 heavy (non-hydrogen) atoms. The van der Waals surface area contributed by atoms with Gasteiger partial charge in [-0.2, -0.15) is 0 Å². The number of hydrogen-bond acceptors (Lipinski definition) is 2. The minimum Gasteiger partial charge on any atom is -0.504 e. The van der Waals surface area contributed by atoms with Gasteiger partial charge in [0.25, 0.3) is 0 Å². The highest BCUT2D eigenvalue weighted by Gasteiger charge is 2.53. The SMILES string of the molecule is COC=C1[C@H]2C(=O)C[C@]1(C)CC[C@@H]2C(C)C. The van der Waals surface area contributed by atoms with Crippen LogP contribution in [-0.2, 0) is 9.53 Å². The number of hydrogen-bond donors (Lipinski definition) is 0. The third kappa shape index (κ3) is 1.59. The largest absolute Gasteiger partial charge is 0.504 e. The molecule has 0 N–H and O–H groups in total. The van der Waals surface area contributed by atoms with Crippen LogP contribution in [0.15, 0.2) is 11.8 Å². The zero-order valence-corrected chi connectivity index (χ0v) is 10.7. The first kappa shape index (κ1) is 11.7. The third-order valence-corrected chi connectivity index (χ3v) is 4.50. The van der Waals surface area contributed by atoms with Gasteiger partial charge >= 0.3 is 0 Å². The Labute approximate surface area is 98.1 Å². The van der Waals surface area contributed by atoms with Gasteiger partial charge < -0.3 is 4.74 Å². The summed E-state index contributed by atoms with van der Waals surface area (Å²) < 4.78 is 5.19. The summed E-state index contributed by atoms with van der Waals surface area (Å²) in [6.45, 7) is 6.67. The van der Waals surface area contributed by atoms with E-state index in [9.17, 15) is 4.79 Å². The van der Waals surface area contributed by atoms with Gasteiger partial charge in [0.15, 0.2) is 0 Å². The molecule has 2 aliphatic rings. The standard InChI is InChI=1S/C14H22O2/c1-9(2)10-5-6-14(3)7-12(15)13(10)11(14)8-16-4/h8-10,13H,5-7H2,1-4H3/t10-,13+,14+/m1/s1. The summed E-state index contributed by atoms with van der Waals surface area (Å²) >= 11 is 0. The van der Waals surface area contributed by atoms with Crippen molar-refractivity contribution in [3.05, 3.63) is 11.8 Å². The van der Waals surface area contributed by atoms with Crippen molar-refractivity contribution in [2.75, 3.05) is 7.11 Å². The molecule has 3 atom stereocenters. The Hall–Kier alpha value is -0.790. The first-order chi connectivity index (χ1) is 7.49. The topological polar surface area (TPSA) is 26.3 Å². The van der Waals surface area contributed by atoms with E-state index in [-0.39, 0.29) is 11.3 Å². The summed E-state index contributed by atoms with van der Waals surface area (Å²) in [5.74, 6) is 1.67. The van der Waals surface area contributed by atoms with Crippen LogP contribution in [0.1, 0.15) is 40.0 Å². The van der Waals surface area contributed by atoms with Crippen LogP contribution in [0.25, 0.3) is 0 Å². The maximum Gasteiger partial charge on any atom is 0.141 e. The van der Waals surface area contributed by atoms with Crippen LogP contribution in [0.3, 0.4) is 0 Å². The molecule has 2 heteroatoms. The van der Waals surface area contributed by atoms with Gasteiger partial charge in [-0.15, -0.1) is 0 Å². The van der Waals surface area contributed by atoms with Gasteiger partial charge in [0, 0.05) is 12.3 Å². The van der Waals surface area contributed by atoms with Crippen LogP contribution in [0, 0.1) is 23.2 Å². The minimum atomic E-state index is 0.0865. The predicted octanol–water partition coefficient (Wildman–Crippen LogP) is 3.18. The third-order valence-electron chi connectivity index (χ3n) is 4.50. The van der Waals surface area contributed by atoms with Crippen molar-refractivity contribution in [1.82, 2.24) is 0 Å². The molecule has 90 valence electrons. The van der Waals surface area contributed by atoms with Crippen molar-refractivity contribution < 1.29 is 9.53 Å². The quantitative estimate of drug-likeness (QED) is 0.671. The van der Waals surface area contributed by atoms with Crippen LogP contribution in [-0.4, -0.2) is 12.9 Å². The molecule has 0 spiro atoms.